The molecular weight excluding hydrogens is 594 g/mol. The van der Waals surface area contributed by atoms with Gasteiger partial charge in [0.2, 0.25) is 0 Å². The van der Waals surface area contributed by atoms with Crippen LogP contribution in [-0.2, 0) is 19.1 Å². The van der Waals surface area contributed by atoms with E-state index in [0.717, 1.165) is 38.8 Å². The highest BCUT2D eigenvalue weighted by molar-refractivity contribution is 6.00. The number of allylic oxidation sites excluding steroid dienone is 2. The van der Waals surface area contributed by atoms with Gasteiger partial charge in [-0.1, -0.05) is 72.8 Å². The summed E-state index contributed by atoms with van der Waals surface area (Å²) in [6.07, 6.45) is 3.47. The first kappa shape index (κ1) is 32.2. The average molecular weight is 636 g/mol. The maximum Gasteiger partial charge on any atom is 0.337 e. The summed E-state index contributed by atoms with van der Waals surface area (Å²) in [6, 6.07) is 27.3. The average Bonchev–Trinajstić information content (AvgIpc) is 3.09. The van der Waals surface area contributed by atoms with Crippen molar-refractivity contribution >= 4 is 17.6 Å². The van der Waals surface area contributed by atoms with Gasteiger partial charge < -0.3 is 14.8 Å². The van der Waals surface area contributed by atoms with Crippen LogP contribution in [0.3, 0.4) is 0 Å². The Morgan fingerprint density at radius 2 is 1.55 bits per heavy atom. The van der Waals surface area contributed by atoms with Crippen LogP contribution in [0.1, 0.15) is 68.1 Å². The molecule has 4 atom stereocenters. The van der Waals surface area contributed by atoms with E-state index in [-0.39, 0.29) is 34.9 Å². The standard InChI is InChI=1S/C38H41N3O6/c1-24-34(37(42)46-3)36(29-15-10-16-30(22-29)41(44)45)35(25(2)39-24)38(43)47-33-21-26-17-18-32(33)40(23-26)20-19-31(27-11-6-4-7-12-27)28-13-8-5-9-14-28/h4-16,22,26,31-33,36,39H,17-21,23H2,1-3H3. The van der Waals surface area contributed by atoms with Gasteiger partial charge in [-0.2, -0.15) is 0 Å². The molecule has 4 aliphatic rings. The fourth-order valence-electron chi connectivity index (χ4n) is 7.82. The Morgan fingerprint density at radius 3 is 2.15 bits per heavy atom. The molecule has 1 saturated carbocycles. The first-order valence-electron chi connectivity index (χ1n) is 16.3. The Labute approximate surface area is 275 Å². The van der Waals surface area contributed by atoms with Crippen LogP contribution in [0.2, 0.25) is 0 Å². The zero-order chi connectivity index (χ0) is 33.1. The second-order valence-corrected chi connectivity index (χ2v) is 12.8. The van der Waals surface area contributed by atoms with Gasteiger partial charge in [0.15, 0.2) is 0 Å². The number of piperidine rings is 2. The predicted molar refractivity (Wildman–Crippen MR) is 178 cm³/mol. The number of dihydropyridines is 1. The SMILES string of the molecule is COC(=O)C1=C(C)NC(C)=C(C(=O)OC2CC3CCC2N(CCC(c2ccccc2)c2ccccc2)C3)C1c1cccc([N+](=O)[O-])c1. The van der Waals surface area contributed by atoms with E-state index >= 15 is 0 Å². The third-order valence-corrected chi connectivity index (χ3v) is 9.99. The zero-order valence-corrected chi connectivity index (χ0v) is 27.1. The molecular formula is C38H41N3O6. The van der Waals surface area contributed by atoms with Crippen LogP contribution in [0.4, 0.5) is 5.69 Å². The van der Waals surface area contributed by atoms with E-state index in [1.54, 1.807) is 26.0 Å². The van der Waals surface area contributed by atoms with Crippen LogP contribution in [0.25, 0.3) is 0 Å². The van der Waals surface area contributed by atoms with Crippen molar-refractivity contribution in [2.75, 3.05) is 20.2 Å². The highest BCUT2D eigenvalue weighted by Gasteiger charge is 2.45. The van der Waals surface area contributed by atoms with Crippen LogP contribution < -0.4 is 5.32 Å². The molecule has 3 aromatic carbocycles. The molecule has 1 N–H and O–H groups in total. The number of nitro groups is 1. The second kappa shape index (κ2) is 13.9. The number of hydrogen-bond donors (Lipinski definition) is 1. The van der Waals surface area contributed by atoms with Gasteiger partial charge in [0.05, 0.1) is 29.1 Å². The van der Waals surface area contributed by atoms with Crippen molar-refractivity contribution in [3.8, 4) is 0 Å². The maximum atomic E-state index is 14.2. The molecule has 0 radical (unpaired) electrons. The lowest BCUT2D eigenvalue weighted by Gasteiger charge is -2.49. The molecule has 3 fully saturated rings. The van der Waals surface area contributed by atoms with Gasteiger partial charge in [0, 0.05) is 42.0 Å². The normalized spacial score (nSPS) is 22.6. The zero-order valence-electron chi connectivity index (χ0n) is 27.1. The number of nitro benzene ring substituents is 1. The molecule has 0 amide bonds. The van der Waals surface area contributed by atoms with Crippen molar-refractivity contribution < 1.29 is 24.0 Å². The molecule has 4 unspecified atom stereocenters. The number of nitrogens with zero attached hydrogens (tertiary/aromatic N) is 2. The van der Waals surface area contributed by atoms with Crippen molar-refractivity contribution in [3.63, 3.8) is 0 Å². The summed E-state index contributed by atoms with van der Waals surface area (Å²) in [5, 5.41) is 14.8. The Morgan fingerprint density at radius 1 is 0.915 bits per heavy atom. The minimum Gasteiger partial charge on any atom is -0.466 e. The van der Waals surface area contributed by atoms with Crippen molar-refractivity contribution in [1.29, 1.82) is 0 Å². The highest BCUT2D eigenvalue weighted by Crippen LogP contribution is 2.43. The summed E-state index contributed by atoms with van der Waals surface area (Å²) in [5.41, 5.74) is 4.45. The fourth-order valence-corrected chi connectivity index (χ4v) is 7.82. The molecule has 9 heteroatoms. The summed E-state index contributed by atoms with van der Waals surface area (Å²) in [7, 11) is 1.28. The quantitative estimate of drug-likeness (QED) is 0.150. The van der Waals surface area contributed by atoms with Crippen molar-refractivity contribution in [2.45, 2.75) is 63.5 Å². The van der Waals surface area contributed by atoms with Gasteiger partial charge in [0.25, 0.3) is 5.69 Å². The van der Waals surface area contributed by atoms with Crippen molar-refractivity contribution in [2.24, 2.45) is 5.92 Å². The minimum atomic E-state index is -0.884. The number of hydrogen-bond acceptors (Lipinski definition) is 8. The van der Waals surface area contributed by atoms with E-state index in [4.69, 9.17) is 9.47 Å². The molecule has 1 aliphatic carbocycles. The minimum absolute atomic E-state index is 0.0854. The fraction of sp³-hybridized carbons (Fsp3) is 0.368. The molecule has 2 saturated heterocycles. The summed E-state index contributed by atoms with van der Waals surface area (Å²) in [4.78, 5) is 41.0. The lowest BCUT2D eigenvalue weighted by Crippen LogP contribution is -2.57. The number of nitrogens with one attached hydrogen (secondary N) is 1. The molecule has 9 nitrogen and oxygen atoms in total. The largest absolute Gasteiger partial charge is 0.466 e. The number of carbonyl (C=O) groups excluding carboxylic acids is 2. The monoisotopic (exact) mass is 635 g/mol. The predicted octanol–water partition coefficient (Wildman–Crippen LogP) is 6.62. The molecule has 0 spiro atoms. The lowest BCUT2D eigenvalue weighted by atomic mass is 9.77. The number of ether oxygens (including phenoxy) is 2. The van der Waals surface area contributed by atoms with E-state index in [1.807, 2.05) is 12.1 Å². The Hall–Kier alpha value is -4.76. The first-order chi connectivity index (χ1) is 22.7. The highest BCUT2D eigenvalue weighted by atomic mass is 16.6. The van der Waals surface area contributed by atoms with Gasteiger partial charge in [-0.05, 0) is 68.7 Å². The number of carbonyl (C=O) groups is 2. The van der Waals surface area contributed by atoms with Crippen LogP contribution in [0, 0.1) is 16.0 Å². The van der Waals surface area contributed by atoms with Gasteiger partial charge in [-0.15, -0.1) is 0 Å². The number of non-ortho nitro benzene ring substituents is 1. The Kier molecular flexibility index (Phi) is 9.54. The van der Waals surface area contributed by atoms with E-state index in [2.05, 4.69) is 58.7 Å². The molecule has 47 heavy (non-hydrogen) atoms. The topological polar surface area (TPSA) is 111 Å². The number of benzene rings is 3. The van der Waals surface area contributed by atoms with Crippen LogP contribution in [0.5, 0.6) is 0 Å². The van der Waals surface area contributed by atoms with Crippen molar-refractivity contribution in [3.05, 3.63) is 134 Å². The van der Waals surface area contributed by atoms with Crippen LogP contribution in [0.15, 0.2) is 107 Å². The number of methoxy groups -OCH3 is 1. The third-order valence-electron chi connectivity index (χ3n) is 9.99. The molecule has 3 aliphatic heterocycles. The van der Waals surface area contributed by atoms with Crippen molar-refractivity contribution in [1.82, 2.24) is 10.2 Å². The van der Waals surface area contributed by atoms with E-state index in [1.165, 1.54) is 30.4 Å². The Balaban J connectivity index is 1.24. The first-order valence-corrected chi connectivity index (χ1v) is 16.3. The second-order valence-electron chi connectivity index (χ2n) is 12.8. The molecule has 3 aromatic rings. The summed E-state index contributed by atoms with van der Waals surface area (Å²) in [5.74, 6) is -1.35. The molecule has 3 heterocycles. The van der Waals surface area contributed by atoms with Gasteiger partial charge in [-0.3, -0.25) is 15.0 Å². The number of esters is 2. The van der Waals surface area contributed by atoms with E-state index in [0.29, 0.717) is 22.9 Å². The van der Waals surface area contributed by atoms with Gasteiger partial charge >= 0.3 is 11.9 Å². The number of rotatable bonds is 10. The van der Waals surface area contributed by atoms with Gasteiger partial charge in [-0.25, -0.2) is 9.59 Å². The molecule has 2 bridgehead atoms. The van der Waals surface area contributed by atoms with E-state index in [9.17, 15) is 19.7 Å². The number of fused-ring (bicyclic) bond motifs is 3. The molecule has 244 valence electrons. The molecule has 7 rings (SSSR count). The summed E-state index contributed by atoms with van der Waals surface area (Å²) >= 11 is 0. The maximum absolute atomic E-state index is 14.2. The lowest BCUT2D eigenvalue weighted by molar-refractivity contribution is -0.384. The van der Waals surface area contributed by atoms with E-state index < -0.39 is 22.8 Å². The van der Waals surface area contributed by atoms with Crippen LogP contribution >= 0.6 is 0 Å². The molecule has 0 aromatic heterocycles. The smallest absolute Gasteiger partial charge is 0.337 e. The van der Waals surface area contributed by atoms with Crippen LogP contribution in [-0.4, -0.2) is 54.1 Å². The summed E-state index contributed by atoms with van der Waals surface area (Å²) < 4.78 is 11.5. The summed E-state index contributed by atoms with van der Waals surface area (Å²) in [6.45, 7) is 5.35. The Bertz CT molecular complexity index is 1660. The van der Waals surface area contributed by atoms with Gasteiger partial charge in [0.1, 0.15) is 6.10 Å². The third kappa shape index (κ3) is 6.72.